The fourth-order valence-electron chi connectivity index (χ4n) is 1.54. The van der Waals surface area contributed by atoms with Crippen molar-refractivity contribution in [1.82, 2.24) is 0 Å². The van der Waals surface area contributed by atoms with Crippen LogP contribution in [0.1, 0.15) is 24.8 Å². The topological polar surface area (TPSA) is 27.0 Å². The fourth-order valence-corrected chi connectivity index (χ4v) is 1.94. The Morgan fingerprint density at radius 1 is 1.19 bits per heavy atom. The Morgan fingerprint density at radius 3 is 2.44 bits per heavy atom. The van der Waals surface area contributed by atoms with Crippen molar-refractivity contribution in [1.29, 1.82) is 5.26 Å². The summed E-state index contributed by atoms with van der Waals surface area (Å²) in [6.45, 7) is 1.07. The molecule has 0 aliphatic rings. The Kier molecular flexibility index (Phi) is 5.95. The molecule has 1 aromatic rings. The van der Waals surface area contributed by atoms with Gasteiger partial charge in [-0.25, -0.2) is 0 Å². The lowest BCUT2D eigenvalue weighted by Crippen LogP contribution is -2.18. The SMILES string of the molecule is CN(CCCCCBr)c1ccc(C#N)cc1. The molecule has 86 valence electrons. The van der Waals surface area contributed by atoms with Crippen molar-refractivity contribution in [3.63, 3.8) is 0 Å². The van der Waals surface area contributed by atoms with Crippen LogP contribution in [0.4, 0.5) is 5.69 Å². The first-order chi connectivity index (χ1) is 7.77. The zero-order chi connectivity index (χ0) is 11.8. The minimum absolute atomic E-state index is 0.719. The molecule has 0 saturated heterocycles. The van der Waals surface area contributed by atoms with Crippen molar-refractivity contribution in [2.75, 3.05) is 23.8 Å². The number of unbranched alkanes of at least 4 members (excludes halogenated alkanes) is 2. The Hall–Kier alpha value is -1.01. The van der Waals surface area contributed by atoms with Crippen LogP contribution >= 0.6 is 15.9 Å². The van der Waals surface area contributed by atoms with Crippen LogP contribution < -0.4 is 4.90 Å². The summed E-state index contributed by atoms with van der Waals surface area (Å²) in [5.74, 6) is 0. The lowest BCUT2D eigenvalue weighted by molar-refractivity contribution is 0.711. The van der Waals surface area contributed by atoms with E-state index in [1.807, 2.05) is 24.3 Å². The molecule has 0 heterocycles. The molecule has 2 nitrogen and oxygen atoms in total. The van der Waals surface area contributed by atoms with Crippen molar-refractivity contribution in [2.45, 2.75) is 19.3 Å². The van der Waals surface area contributed by atoms with Gasteiger partial charge in [0.05, 0.1) is 11.6 Å². The van der Waals surface area contributed by atoms with E-state index in [1.54, 1.807) is 0 Å². The Balaban J connectivity index is 2.40. The van der Waals surface area contributed by atoms with Gasteiger partial charge in [0.25, 0.3) is 0 Å². The number of anilines is 1. The maximum Gasteiger partial charge on any atom is 0.0991 e. The molecule has 0 aliphatic carbocycles. The molecule has 0 bridgehead atoms. The van der Waals surface area contributed by atoms with Gasteiger partial charge >= 0.3 is 0 Å². The predicted octanol–water partition coefficient (Wildman–Crippen LogP) is 3.56. The number of nitrogens with zero attached hydrogens (tertiary/aromatic N) is 2. The van der Waals surface area contributed by atoms with E-state index in [0.717, 1.165) is 17.4 Å². The molecular formula is C13H17BrN2. The van der Waals surface area contributed by atoms with Crippen molar-refractivity contribution >= 4 is 21.6 Å². The third-order valence-electron chi connectivity index (χ3n) is 2.56. The fraction of sp³-hybridized carbons (Fsp3) is 0.462. The van der Waals surface area contributed by atoms with E-state index in [2.05, 4.69) is 33.9 Å². The summed E-state index contributed by atoms with van der Waals surface area (Å²) in [4.78, 5) is 2.23. The van der Waals surface area contributed by atoms with Crippen molar-refractivity contribution in [2.24, 2.45) is 0 Å². The summed E-state index contributed by atoms with van der Waals surface area (Å²) in [7, 11) is 2.09. The van der Waals surface area contributed by atoms with Crippen LogP contribution in [0.25, 0.3) is 0 Å². The van der Waals surface area contributed by atoms with E-state index in [-0.39, 0.29) is 0 Å². The van der Waals surface area contributed by atoms with Gasteiger partial charge in [-0.3, -0.25) is 0 Å². The van der Waals surface area contributed by atoms with Crippen LogP contribution in [-0.4, -0.2) is 18.9 Å². The number of rotatable bonds is 6. The Labute approximate surface area is 106 Å². The average Bonchev–Trinajstić information content (AvgIpc) is 2.34. The van der Waals surface area contributed by atoms with Gasteiger partial charge in [-0.05, 0) is 37.1 Å². The molecule has 0 unspecified atom stereocenters. The van der Waals surface area contributed by atoms with Gasteiger partial charge in [-0.2, -0.15) is 5.26 Å². The lowest BCUT2D eigenvalue weighted by atomic mass is 10.2. The number of halogens is 1. The highest BCUT2D eigenvalue weighted by atomic mass is 79.9. The summed E-state index contributed by atoms with van der Waals surface area (Å²) in [6.07, 6.45) is 3.70. The first-order valence-electron chi connectivity index (χ1n) is 5.55. The van der Waals surface area contributed by atoms with Crippen LogP contribution in [0.5, 0.6) is 0 Å². The third kappa shape index (κ3) is 4.24. The Bertz CT molecular complexity index is 340. The van der Waals surface area contributed by atoms with Crippen LogP contribution in [-0.2, 0) is 0 Å². The van der Waals surface area contributed by atoms with Gasteiger partial charge in [0, 0.05) is 24.6 Å². The lowest BCUT2D eigenvalue weighted by Gasteiger charge is -2.19. The molecule has 1 rings (SSSR count). The molecule has 1 aromatic carbocycles. The van der Waals surface area contributed by atoms with Crippen LogP contribution in [0.15, 0.2) is 24.3 Å². The van der Waals surface area contributed by atoms with E-state index >= 15 is 0 Å². The summed E-state index contributed by atoms with van der Waals surface area (Å²) in [5, 5.41) is 9.79. The number of alkyl halides is 1. The van der Waals surface area contributed by atoms with Gasteiger partial charge in [0.2, 0.25) is 0 Å². The number of hydrogen-bond acceptors (Lipinski definition) is 2. The molecule has 0 spiro atoms. The number of nitriles is 1. The van der Waals surface area contributed by atoms with Crippen LogP contribution in [0.3, 0.4) is 0 Å². The second-order valence-electron chi connectivity index (χ2n) is 3.83. The molecule has 0 atom stereocenters. The van der Waals surface area contributed by atoms with Gasteiger partial charge in [-0.15, -0.1) is 0 Å². The second-order valence-corrected chi connectivity index (χ2v) is 4.62. The van der Waals surface area contributed by atoms with E-state index in [1.165, 1.54) is 24.9 Å². The predicted molar refractivity (Wildman–Crippen MR) is 72.1 cm³/mol. The molecule has 0 fully saturated rings. The Morgan fingerprint density at radius 2 is 1.88 bits per heavy atom. The van der Waals surface area contributed by atoms with E-state index < -0.39 is 0 Å². The molecular weight excluding hydrogens is 264 g/mol. The smallest absolute Gasteiger partial charge is 0.0991 e. The van der Waals surface area contributed by atoms with Crippen molar-refractivity contribution < 1.29 is 0 Å². The van der Waals surface area contributed by atoms with Crippen molar-refractivity contribution in [3.8, 4) is 6.07 Å². The van der Waals surface area contributed by atoms with E-state index in [4.69, 9.17) is 5.26 Å². The molecule has 0 amide bonds. The summed E-state index contributed by atoms with van der Waals surface area (Å²) < 4.78 is 0. The van der Waals surface area contributed by atoms with Gasteiger partial charge in [0.15, 0.2) is 0 Å². The quantitative estimate of drug-likeness (QED) is 0.589. The highest BCUT2D eigenvalue weighted by Crippen LogP contribution is 2.14. The zero-order valence-electron chi connectivity index (χ0n) is 9.62. The monoisotopic (exact) mass is 280 g/mol. The first-order valence-corrected chi connectivity index (χ1v) is 6.67. The van der Waals surface area contributed by atoms with Gasteiger partial charge in [-0.1, -0.05) is 22.4 Å². The molecule has 0 saturated carbocycles. The van der Waals surface area contributed by atoms with Crippen LogP contribution in [0, 0.1) is 11.3 Å². The van der Waals surface area contributed by atoms with Crippen molar-refractivity contribution in [3.05, 3.63) is 29.8 Å². The highest BCUT2D eigenvalue weighted by molar-refractivity contribution is 9.09. The summed E-state index contributed by atoms with van der Waals surface area (Å²) in [5.41, 5.74) is 1.90. The molecule has 0 N–H and O–H groups in total. The standard InChI is InChI=1S/C13H17BrN2/c1-16(10-4-2-3-9-14)13-7-5-12(11-15)6-8-13/h5-8H,2-4,9-10H2,1H3. The minimum atomic E-state index is 0.719. The van der Waals surface area contributed by atoms with Crippen LogP contribution in [0.2, 0.25) is 0 Å². The molecule has 0 radical (unpaired) electrons. The summed E-state index contributed by atoms with van der Waals surface area (Å²) >= 11 is 3.43. The van der Waals surface area contributed by atoms with Gasteiger partial charge in [0.1, 0.15) is 0 Å². The molecule has 0 aromatic heterocycles. The summed E-state index contributed by atoms with van der Waals surface area (Å²) in [6, 6.07) is 9.87. The third-order valence-corrected chi connectivity index (χ3v) is 3.13. The number of benzene rings is 1. The highest BCUT2D eigenvalue weighted by Gasteiger charge is 2.00. The zero-order valence-corrected chi connectivity index (χ0v) is 11.2. The normalized spacial score (nSPS) is 9.81. The van der Waals surface area contributed by atoms with E-state index in [0.29, 0.717) is 0 Å². The first kappa shape index (κ1) is 13.1. The van der Waals surface area contributed by atoms with Gasteiger partial charge < -0.3 is 4.90 Å². The largest absolute Gasteiger partial charge is 0.375 e. The average molecular weight is 281 g/mol. The molecule has 16 heavy (non-hydrogen) atoms. The maximum absolute atomic E-state index is 8.70. The molecule has 0 aliphatic heterocycles. The van der Waals surface area contributed by atoms with E-state index in [9.17, 15) is 0 Å². The maximum atomic E-state index is 8.70. The minimum Gasteiger partial charge on any atom is -0.375 e. The second kappa shape index (κ2) is 7.29. The molecule has 3 heteroatoms. The number of hydrogen-bond donors (Lipinski definition) is 0.